The summed E-state index contributed by atoms with van der Waals surface area (Å²) in [5, 5.41) is 97.1. The second-order valence-corrected chi connectivity index (χ2v) is 11.3. The van der Waals surface area contributed by atoms with Crippen molar-refractivity contribution >= 4 is 5.97 Å². The van der Waals surface area contributed by atoms with Crippen LogP contribution in [0, 0.1) is 5.41 Å². The minimum atomic E-state index is -3.31. The molecule has 0 bridgehead atoms. The first kappa shape index (κ1) is 36.5. The number of hydrogen-bond donors (Lipinski definition) is 9. The Kier molecular flexibility index (Phi) is 13.8. The van der Waals surface area contributed by atoms with Crippen LogP contribution in [0.25, 0.3) is 0 Å². The lowest BCUT2D eigenvalue weighted by atomic mass is 9.61. The fourth-order valence-corrected chi connectivity index (χ4v) is 5.80. The van der Waals surface area contributed by atoms with E-state index < -0.39 is 78.2 Å². The van der Waals surface area contributed by atoms with Gasteiger partial charge in [0.25, 0.3) is 0 Å². The fourth-order valence-electron chi connectivity index (χ4n) is 5.80. The highest BCUT2D eigenvalue weighted by Crippen LogP contribution is 2.55. The number of ether oxygens (including phenoxy) is 2. The lowest BCUT2D eigenvalue weighted by molar-refractivity contribution is -0.457. The van der Waals surface area contributed by atoms with Crippen LogP contribution in [-0.4, -0.2) is 112 Å². The van der Waals surface area contributed by atoms with Crippen LogP contribution in [0.3, 0.4) is 0 Å². The van der Waals surface area contributed by atoms with Crippen LogP contribution in [0.15, 0.2) is 36.5 Å². The summed E-state index contributed by atoms with van der Waals surface area (Å²) in [5.41, 5.74) is -3.10. The number of carbonyl (C=O) groups is 1. The van der Waals surface area contributed by atoms with Crippen molar-refractivity contribution in [3.63, 3.8) is 0 Å². The molecule has 10 atom stereocenters. The van der Waals surface area contributed by atoms with E-state index in [-0.39, 0.29) is 6.42 Å². The Morgan fingerprint density at radius 3 is 1.57 bits per heavy atom. The van der Waals surface area contributed by atoms with E-state index in [0.717, 1.165) is 32.1 Å². The van der Waals surface area contributed by atoms with E-state index in [0.29, 0.717) is 12.8 Å². The zero-order valence-electron chi connectivity index (χ0n) is 24.7. The van der Waals surface area contributed by atoms with Gasteiger partial charge in [-0.2, -0.15) is 0 Å². The minimum Gasteiger partial charge on any atom is -0.481 e. The van der Waals surface area contributed by atoms with Crippen molar-refractivity contribution in [2.75, 3.05) is 0 Å². The number of aliphatic hydroxyl groups is 8. The molecule has 0 saturated carbocycles. The van der Waals surface area contributed by atoms with Crippen LogP contribution in [0.4, 0.5) is 0 Å². The van der Waals surface area contributed by atoms with Gasteiger partial charge in [-0.25, -0.2) is 0 Å². The van der Waals surface area contributed by atoms with Crippen LogP contribution in [0.5, 0.6) is 0 Å². The Morgan fingerprint density at radius 2 is 1.12 bits per heavy atom. The van der Waals surface area contributed by atoms with E-state index in [9.17, 15) is 50.8 Å². The van der Waals surface area contributed by atoms with Gasteiger partial charge >= 0.3 is 5.97 Å². The molecule has 242 valence electrons. The SMILES string of the molecule is CC/C=C\C/C=C\C/C=C\CCCCCCC(C(=O)O)(C1(O)O[C@@H](C)[C@H](O)[C@@H](O)[C@H]1O)C1(O)O[C@@H](C)[C@H](O)[C@@H](O)[C@H]1O. The van der Waals surface area contributed by atoms with Gasteiger partial charge in [0.2, 0.25) is 11.6 Å². The maximum Gasteiger partial charge on any atom is 0.320 e. The molecule has 0 aromatic carbocycles. The van der Waals surface area contributed by atoms with Crippen molar-refractivity contribution < 1.29 is 60.2 Å². The molecule has 0 amide bonds. The van der Waals surface area contributed by atoms with Crippen molar-refractivity contribution in [1.82, 2.24) is 0 Å². The van der Waals surface area contributed by atoms with Crippen molar-refractivity contribution in [2.45, 2.75) is 139 Å². The summed E-state index contributed by atoms with van der Waals surface area (Å²) < 4.78 is 10.9. The molecule has 2 rings (SSSR count). The molecule has 2 fully saturated rings. The summed E-state index contributed by atoms with van der Waals surface area (Å²) >= 11 is 0. The molecule has 0 radical (unpaired) electrons. The number of carboxylic acid groups (broad SMARTS) is 1. The van der Waals surface area contributed by atoms with Crippen LogP contribution in [0.1, 0.15) is 78.6 Å². The number of carboxylic acids is 1. The lowest BCUT2D eigenvalue weighted by Crippen LogP contribution is -2.82. The number of hydrogen-bond acceptors (Lipinski definition) is 11. The summed E-state index contributed by atoms with van der Waals surface area (Å²) in [6.45, 7) is 4.51. The van der Waals surface area contributed by atoms with Crippen LogP contribution < -0.4 is 0 Å². The van der Waals surface area contributed by atoms with E-state index in [1.807, 2.05) is 12.2 Å². The summed E-state index contributed by atoms with van der Waals surface area (Å²) in [4.78, 5) is 13.1. The number of rotatable bonds is 15. The molecular weight excluding hydrogens is 552 g/mol. The zero-order chi connectivity index (χ0) is 31.7. The topological polar surface area (TPSA) is 218 Å². The first-order valence-corrected chi connectivity index (χ1v) is 14.8. The molecule has 0 aliphatic carbocycles. The molecule has 0 aromatic heterocycles. The first-order chi connectivity index (χ1) is 19.7. The fraction of sp³-hybridized carbons (Fsp3) is 0.767. The predicted octanol–water partition coefficient (Wildman–Crippen LogP) is 0.637. The summed E-state index contributed by atoms with van der Waals surface area (Å²) in [7, 11) is 0. The van der Waals surface area contributed by atoms with E-state index >= 15 is 0 Å². The largest absolute Gasteiger partial charge is 0.481 e. The third kappa shape index (κ3) is 7.32. The van der Waals surface area contributed by atoms with Gasteiger partial charge in [0.05, 0.1) is 12.2 Å². The molecule has 0 aromatic rings. The smallest absolute Gasteiger partial charge is 0.320 e. The molecule has 2 saturated heterocycles. The average molecular weight is 603 g/mol. The first-order valence-electron chi connectivity index (χ1n) is 14.8. The van der Waals surface area contributed by atoms with E-state index in [1.165, 1.54) is 13.8 Å². The second kappa shape index (κ2) is 15.8. The number of allylic oxidation sites excluding steroid dienone is 6. The van der Waals surface area contributed by atoms with Gasteiger partial charge in [0.15, 0.2) is 5.41 Å². The van der Waals surface area contributed by atoms with Crippen molar-refractivity contribution in [1.29, 1.82) is 0 Å². The van der Waals surface area contributed by atoms with Gasteiger partial charge in [-0.15, -0.1) is 0 Å². The van der Waals surface area contributed by atoms with Gasteiger partial charge < -0.3 is 55.4 Å². The number of aliphatic carboxylic acids is 1. The second-order valence-electron chi connectivity index (χ2n) is 11.3. The molecular formula is C30H50O12. The maximum absolute atomic E-state index is 13.1. The standard InChI is InChI=1S/C30H50O12/c1-4-5-6-7-8-9-10-11-12-13-14-15-16-17-18-28(27(37)38,29(39)25(35)23(33)21(31)19(2)41-29)30(40)26(36)24(34)22(32)20(3)42-30/h5-6,8-9,11-12,19-26,31-36,39-40H,4,7,10,13-18H2,1-3H3,(H,37,38)/b6-5-,9-8-,12-11-/t19-,20-,21-,22-,23+,24+,25+,26+,28?,29?,30?/m0/s1. The van der Waals surface area contributed by atoms with E-state index in [4.69, 9.17) is 9.47 Å². The van der Waals surface area contributed by atoms with E-state index in [1.54, 1.807) is 0 Å². The quantitative estimate of drug-likeness (QED) is 0.0932. The third-order valence-electron chi connectivity index (χ3n) is 8.38. The average Bonchev–Trinajstić information content (AvgIpc) is 2.94. The normalized spacial score (nSPS) is 39.3. The van der Waals surface area contributed by atoms with Crippen molar-refractivity contribution in [2.24, 2.45) is 5.41 Å². The van der Waals surface area contributed by atoms with Gasteiger partial charge in [-0.1, -0.05) is 62.6 Å². The highest BCUT2D eigenvalue weighted by atomic mass is 16.7. The maximum atomic E-state index is 13.1. The number of aliphatic hydroxyl groups excluding tert-OH is 6. The van der Waals surface area contributed by atoms with Gasteiger partial charge in [0.1, 0.15) is 36.6 Å². The molecule has 42 heavy (non-hydrogen) atoms. The van der Waals surface area contributed by atoms with Gasteiger partial charge in [-0.3, -0.25) is 4.79 Å². The van der Waals surface area contributed by atoms with Crippen LogP contribution >= 0.6 is 0 Å². The Hall–Kier alpha value is -1.71. The molecule has 2 unspecified atom stereocenters. The summed E-state index contributed by atoms with van der Waals surface area (Å²) in [6.07, 6.45) is 1.76. The predicted molar refractivity (Wildman–Crippen MR) is 152 cm³/mol. The molecule has 12 heteroatoms. The molecule has 9 N–H and O–H groups in total. The Balaban J connectivity index is 2.22. The molecule has 0 spiro atoms. The van der Waals surface area contributed by atoms with Gasteiger partial charge in [-0.05, 0) is 52.4 Å². The Labute approximate surface area is 247 Å². The Morgan fingerprint density at radius 1 is 0.690 bits per heavy atom. The van der Waals surface area contributed by atoms with Crippen molar-refractivity contribution in [3.8, 4) is 0 Å². The van der Waals surface area contributed by atoms with Crippen LogP contribution in [-0.2, 0) is 14.3 Å². The monoisotopic (exact) mass is 602 g/mol. The third-order valence-corrected chi connectivity index (χ3v) is 8.38. The van der Waals surface area contributed by atoms with Gasteiger partial charge in [0, 0.05) is 0 Å². The summed E-state index contributed by atoms with van der Waals surface area (Å²) in [6, 6.07) is 0. The zero-order valence-corrected chi connectivity index (χ0v) is 24.7. The highest BCUT2D eigenvalue weighted by molar-refractivity contribution is 5.78. The molecule has 2 aliphatic heterocycles. The Bertz CT molecular complexity index is 897. The lowest BCUT2D eigenvalue weighted by Gasteiger charge is -2.60. The van der Waals surface area contributed by atoms with E-state index in [2.05, 4.69) is 31.2 Å². The van der Waals surface area contributed by atoms with Crippen LogP contribution in [0.2, 0.25) is 0 Å². The highest BCUT2D eigenvalue weighted by Gasteiger charge is 2.78. The van der Waals surface area contributed by atoms with Crippen molar-refractivity contribution in [3.05, 3.63) is 36.5 Å². The minimum absolute atomic E-state index is 0.0286. The molecule has 12 nitrogen and oxygen atoms in total. The number of unbranched alkanes of at least 4 members (excludes halogenated alkanes) is 4. The summed E-state index contributed by atoms with van der Waals surface area (Å²) in [5.74, 6) is -8.58. The molecule has 2 heterocycles. The molecule has 2 aliphatic rings.